The molecule has 0 spiro atoms. The van der Waals surface area contributed by atoms with Gasteiger partial charge < -0.3 is 20.1 Å². The molecule has 2 atom stereocenters. The monoisotopic (exact) mass is 328 g/mol. The molecule has 1 aliphatic heterocycles. The molecule has 1 unspecified atom stereocenters. The number of hydrogen-bond donors (Lipinski definition) is 2. The molecule has 7 heteroatoms. The van der Waals surface area contributed by atoms with Gasteiger partial charge in [-0.3, -0.25) is 14.4 Å². The normalized spacial score (nSPS) is 19.5. The van der Waals surface area contributed by atoms with E-state index >= 15 is 0 Å². The summed E-state index contributed by atoms with van der Waals surface area (Å²) in [7, 11) is 1.43. The minimum absolute atomic E-state index is 0.0253. The van der Waals surface area contributed by atoms with Crippen molar-refractivity contribution >= 4 is 17.8 Å². The van der Waals surface area contributed by atoms with Gasteiger partial charge in [0.1, 0.15) is 12.6 Å². The molecule has 0 aromatic rings. The third-order valence-electron chi connectivity index (χ3n) is 4.12. The standard InChI is InChI=1S/C16H28N2O5/c1-11(2)15(17-13(19)10-23-3)16(22)18-8-4-5-12(9-18)6-7-14(20)21/h11-12,15H,4-10H2,1-3H3,(H,17,19)(H,20,21)/t12?,15-/m0/s1. The number of methoxy groups -OCH3 is 1. The number of ether oxygens (including phenoxy) is 1. The second-order valence-corrected chi connectivity index (χ2v) is 6.45. The Morgan fingerprint density at radius 3 is 2.61 bits per heavy atom. The summed E-state index contributed by atoms with van der Waals surface area (Å²) in [5.41, 5.74) is 0. The fourth-order valence-electron chi connectivity index (χ4n) is 2.88. The summed E-state index contributed by atoms with van der Waals surface area (Å²) < 4.78 is 4.79. The van der Waals surface area contributed by atoms with Gasteiger partial charge in [0.05, 0.1) is 0 Å². The summed E-state index contributed by atoms with van der Waals surface area (Å²) in [6, 6.07) is -0.573. The van der Waals surface area contributed by atoms with Gasteiger partial charge in [-0.15, -0.1) is 0 Å². The van der Waals surface area contributed by atoms with E-state index in [0.717, 1.165) is 12.8 Å². The molecule has 0 aliphatic carbocycles. The van der Waals surface area contributed by atoms with Crippen molar-refractivity contribution in [2.24, 2.45) is 11.8 Å². The lowest BCUT2D eigenvalue weighted by atomic mass is 9.92. The Hall–Kier alpha value is -1.63. The van der Waals surface area contributed by atoms with Gasteiger partial charge in [-0.05, 0) is 31.1 Å². The van der Waals surface area contributed by atoms with E-state index in [1.54, 1.807) is 4.90 Å². The second-order valence-electron chi connectivity index (χ2n) is 6.45. The van der Waals surface area contributed by atoms with E-state index in [0.29, 0.717) is 19.5 Å². The number of likely N-dealkylation sites (tertiary alicyclic amines) is 1. The fourth-order valence-corrected chi connectivity index (χ4v) is 2.88. The molecular weight excluding hydrogens is 300 g/mol. The SMILES string of the molecule is COCC(=O)N[C@H](C(=O)N1CCCC(CCC(=O)O)C1)C(C)C. The van der Waals surface area contributed by atoms with Crippen molar-refractivity contribution in [1.82, 2.24) is 10.2 Å². The molecule has 0 aromatic heterocycles. The van der Waals surface area contributed by atoms with Crippen LogP contribution in [0.15, 0.2) is 0 Å². The van der Waals surface area contributed by atoms with Gasteiger partial charge in [-0.1, -0.05) is 13.8 Å². The van der Waals surface area contributed by atoms with Gasteiger partial charge in [0.15, 0.2) is 0 Å². The van der Waals surface area contributed by atoms with Crippen molar-refractivity contribution < 1.29 is 24.2 Å². The number of carbonyl (C=O) groups excluding carboxylic acids is 2. The maximum atomic E-state index is 12.7. The van der Waals surface area contributed by atoms with Gasteiger partial charge in [0.2, 0.25) is 11.8 Å². The molecule has 1 fully saturated rings. The summed E-state index contributed by atoms with van der Waals surface area (Å²) >= 11 is 0. The van der Waals surface area contributed by atoms with Crippen LogP contribution in [0.25, 0.3) is 0 Å². The molecule has 23 heavy (non-hydrogen) atoms. The third kappa shape index (κ3) is 6.56. The topological polar surface area (TPSA) is 95.9 Å². The van der Waals surface area contributed by atoms with Crippen LogP contribution in [0.5, 0.6) is 0 Å². The number of carbonyl (C=O) groups is 3. The molecule has 0 radical (unpaired) electrons. The van der Waals surface area contributed by atoms with Crippen molar-refractivity contribution in [1.29, 1.82) is 0 Å². The molecule has 2 amide bonds. The minimum atomic E-state index is -0.805. The van der Waals surface area contributed by atoms with E-state index < -0.39 is 12.0 Å². The molecule has 1 aliphatic rings. The van der Waals surface area contributed by atoms with E-state index in [1.807, 2.05) is 13.8 Å². The highest BCUT2D eigenvalue weighted by Gasteiger charge is 2.31. The average molecular weight is 328 g/mol. The maximum absolute atomic E-state index is 12.7. The lowest BCUT2D eigenvalue weighted by Crippen LogP contribution is -2.54. The van der Waals surface area contributed by atoms with E-state index in [9.17, 15) is 14.4 Å². The smallest absolute Gasteiger partial charge is 0.303 e. The number of piperidine rings is 1. The van der Waals surface area contributed by atoms with Gasteiger partial charge in [-0.2, -0.15) is 0 Å². The van der Waals surface area contributed by atoms with E-state index in [4.69, 9.17) is 9.84 Å². The van der Waals surface area contributed by atoms with Crippen molar-refractivity contribution in [2.75, 3.05) is 26.8 Å². The lowest BCUT2D eigenvalue weighted by molar-refractivity contribution is -0.140. The van der Waals surface area contributed by atoms with E-state index in [2.05, 4.69) is 5.32 Å². The number of carboxylic acids is 1. The lowest BCUT2D eigenvalue weighted by Gasteiger charge is -2.36. The molecule has 0 aromatic carbocycles. The zero-order valence-electron chi connectivity index (χ0n) is 14.2. The Kier molecular flexibility index (Phi) is 8.02. The molecule has 7 nitrogen and oxygen atoms in total. The summed E-state index contributed by atoms with van der Waals surface area (Å²) in [5.74, 6) is -1.02. The Bertz CT molecular complexity index is 425. The number of nitrogens with one attached hydrogen (secondary N) is 1. The van der Waals surface area contributed by atoms with Crippen molar-refractivity contribution in [3.8, 4) is 0 Å². The van der Waals surface area contributed by atoms with Gasteiger partial charge in [0, 0.05) is 26.6 Å². The first kappa shape index (κ1) is 19.4. The molecular formula is C16H28N2O5. The summed E-state index contributed by atoms with van der Waals surface area (Å²) in [5, 5.41) is 11.5. The Morgan fingerprint density at radius 2 is 2.04 bits per heavy atom. The predicted octanol–water partition coefficient (Wildman–Crippen LogP) is 0.877. The Labute approximate surface area is 137 Å². The maximum Gasteiger partial charge on any atom is 0.303 e. The number of carboxylic acid groups (broad SMARTS) is 1. The molecule has 2 N–H and O–H groups in total. The third-order valence-corrected chi connectivity index (χ3v) is 4.12. The van der Waals surface area contributed by atoms with Crippen LogP contribution in [0.2, 0.25) is 0 Å². The first-order chi connectivity index (χ1) is 10.8. The largest absolute Gasteiger partial charge is 0.481 e. The molecule has 1 rings (SSSR count). The molecule has 132 valence electrons. The summed E-state index contributed by atoms with van der Waals surface area (Å²) in [4.78, 5) is 36.9. The van der Waals surface area contributed by atoms with Gasteiger partial charge >= 0.3 is 5.97 Å². The average Bonchev–Trinajstić information content (AvgIpc) is 2.50. The summed E-state index contributed by atoms with van der Waals surface area (Å²) in [6.45, 7) is 4.93. The number of hydrogen-bond acceptors (Lipinski definition) is 4. The highest BCUT2D eigenvalue weighted by molar-refractivity contribution is 5.88. The van der Waals surface area contributed by atoms with Crippen molar-refractivity contribution in [3.05, 3.63) is 0 Å². The van der Waals surface area contributed by atoms with Crippen LogP contribution in [-0.2, 0) is 19.1 Å². The second kappa shape index (κ2) is 9.50. The quantitative estimate of drug-likeness (QED) is 0.689. The highest BCUT2D eigenvalue weighted by Crippen LogP contribution is 2.22. The number of nitrogens with zero attached hydrogens (tertiary/aromatic N) is 1. The molecule has 1 heterocycles. The fraction of sp³-hybridized carbons (Fsp3) is 0.812. The Balaban J connectivity index is 2.63. The van der Waals surface area contributed by atoms with Crippen LogP contribution in [-0.4, -0.2) is 60.6 Å². The van der Waals surface area contributed by atoms with Crippen LogP contribution in [0.3, 0.4) is 0 Å². The highest BCUT2D eigenvalue weighted by atomic mass is 16.5. The zero-order chi connectivity index (χ0) is 17.4. The number of aliphatic carboxylic acids is 1. The first-order valence-electron chi connectivity index (χ1n) is 8.14. The number of rotatable bonds is 8. The van der Waals surface area contributed by atoms with E-state index in [-0.39, 0.29) is 36.7 Å². The minimum Gasteiger partial charge on any atom is -0.481 e. The van der Waals surface area contributed by atoms with Crippen LogP contribution in [0, 0.1) is 11.8 Å². The zero-order valence-corrected chi connectivity index (χ0v) is 14.2. The first-order valence-corrected chi connectivity index (χ1v) is 8.14. The van der Waals surface area contributed by atoms with Gasteiger partial charge in [-0.25, -0.2) is 0 Å². The predicted molar refractivity (Wildman–Crippen MR) is 84.8 cm³/mol. The number of amides is 2. The summed E-state index contributed by atoms with van der Waals surface area (Å²) in [6.07, 6.45) is 2.53. The van der Waals surface area contributed by atoms with Crippen LogP contribution in [0.4, 0.5) is 0 Å². The van der Waals surface area contributed by atoms with Gasteiger partial charge in [0.25, 0.3) is 0 Å². The molecule has 0 saturated carbocycles. The van der Waals surface area contributed by atoms with Crippen LogP contribution >= 0.6 is 0 Å². The van der Waals surface area contributed by atoms with Crippen molar-refractivity contribution in [2.45, 2.75) is 45.6 Å². The molecule has 0 bridgehead atoms. The van der Waals surface area contributed by atoms with Crippen LogP contribution in [0.1, 0.15) is 39.5 Å². The molecule has 1 saturated heterocycles. The van der Waals surface area contributed by atoms with E-state index in [1.165, 1.54) is 7.11 Å². The Morgan fingerprint density at radius 1 is 1.35 bits per heavy atom. The van der Waals surface area contributed by atoms with Crippen LogP contribution < -0.4 is 5.32 Å². The van der Waals surface area contributed by atoms with Crippen molar-refractivity contribution in [3.63, 3.8) is 0 Å².